The third kappa shape index (κ3) is 2.71. The molecule has 1 heterocycles. The van der Waals surface area contributed by atoms with Crippen LogP contribution in [0.4, 0.5) is 11.6 Å². The van der Waals surface area contributed by atoms with Gasteiger partial charge in [0.05, 0.1) is 0 Å². The number of hydrogen-bond donors (Lipinski definition) is 2. The summed E-state index contributed by atoms with van der Waals surface area (Å²) in [5.41, 5.74) is 0.155. The van der Waals surface area contributed by atoms with Crippen molar-refractivity contribution in [1.82, 2.24) is 15.0 Å². The van der Waals surface area contributed by atoms with Crippen molar-refractivity contribution in [2.45, 2.75) is 0 Å². The lowest BCUT2D eigenvalue weighted by atomic mass is 10.3. The zero-order valence-electron chi connectivity index (χ0n) is 7.87. The van der Waals surface area contributed by atoms with Gasteiger partial charge in [0, 0.05) is 10.7 Å². The van der Waals surface area contributed by atoms with E-state index in [-0.39, 0.29) is 11.2 Å². The SMILES string of the molecule is O=c1nc(Nc2ccc(Cl)cc2)nc(Cl)[nH]1. The van der Waals surface area contributed by atoms with Crippen molar-refractivity contribution < 1.29 is 0 Å². The summed E-state index contributed by atoms with van der Waals surface area (Å²) in [5.74, 6) is 0.135. The molecule has 2 N–H and O–H groups in total. The Morgan fingerprint density at radius 3 is 2.44 bits per heavy atom. The Labute approximate surface area is 100 Å². The van der Waals surface area contributed by atoms with E-state index in [0.29, 0.717) is 10.7 Å². The van der Waals surface area contributed by atoms with Crippen LogP contribution in [0.3, 0.4) is 0 Å². The molecule has 0 radical (unpaired) electrons. The second-order valence-electron chi connectivity index (χ2n) is 2.90. The van der Waals surface area contributed by atoms with Gasteiger partial charge < -0.3 is 5.32 Å². The highest BCUT2D eigenvalue weighted by Gasteiger charge is 2.01. The largest absolute Gasteiger partial charge is 0.350 e. The van der Waals surface area contributed by atoms with E-state index in [4.69, 9.17) is 23.2 Å². The number of hydrogen-bond acceptors (Lipinski definition) is 4. The number of nitrogens with zero attached hydrogens (tertiary/aromatic N) is 2. The highest BCUT2D eigenvalue weighted by atomic mass is 35.5. The number of aromatic nitrogens is 3. The van der Waals surface area contributed by atoms with Gasteiger partial charge in [-0.25, -0.2) is 4.79 Å². The molecular formula is C9H6Cl2N4O. The molecule has 0 aliphatic rings. The Balaban J connectivity index is 2.26. The molecule has 0 spiro atoms. The second-order valence-corrected chi connectivity index (χ2v) is 3.69. The van der Waals surface area contributed by atoms with Crippen LogP contribution in [-0.4, -0.2) is 15.0 Å². The zero-order chi connectivity index (χ0) is 11.5. The summed E-state index contributed by atoms with van der Waals surface area (Å²) in [6.45, 7) is 0. The van der Waals surface area contributed by atoms with Crippen molar-refractivity contribution >= 4 is 34.8 Å². The van der Waals surface area contributed by atoms with Gasteiger partial charge in [-0.05, 0) is 35.9 Å². The van der Waals surface area contributed by atoms with E-state index in [0.717, 1.165) is 0 Å². The molecule has 0 aliphatic heterocycles. The van der Waals surface area contributed by atoms with E-state index in [1.807, 2.05) is 0 Å². The molecule has 1 aromatic carbocycles. The third-order valence-electron chi connectivity index (χ3n) is 1.72. The summed E-state index contributed by atoms with van der Waals surface area (Å²) in [7, 11) is 0. The summed E-state index contributed by atoms with van der Waals surface area (Å²) in [5, 5.41) is 3.43. The standard InChI is InChI=1S/C9H6Cl2N4O/c10-5-1-3-6(4-2-5)12-8-13-7(11)14-9(16)15-8/h1-4H,(H2,12,13,14,15,16). The van der Waals surface area contributed by atoms with E-state index >= 15 is 0 Å². The van der Waals surface area contributed by atoms with Crippen LogP contribution >= 0.6 is 23.2 Å². The van der Waals surface area contributed by atoms with Gasteiger partial charge in [0.15, 0.2) is 0 Å². The van der Waals surface area contributed by atoms with E-state index < -0.39 is 5.69 Å². The van der Waals surface area contributed by atoms with Crippen LogP contribution in [0, 0.1) is 0 Å². The van der Waals surface area contributed by atoms with Crippen LogP contribution in [0.5, 0.6) is 0 Å². The molecule has 0 atom stereocenters. The monoisotopic (exact) mass is 256 g/mol. The Kier molecular flexibility index (Phi) is 3.07. The first-order valence-electron chi connectivity index (χ1n) is 4.30. The average molecular weight is 257 g/mol. The van der Waals surface area contributed by atoms with Gasteiger partial charge in [-0.1, -0.05) is 11.6 Å². The predicted octanol–water partition coefficient (Wildman–Crippen LogP) is 2.22. The molecule has 0 aliphatic carbocycles. The lowest BCUT2D eigenvalue weighted by molar-refractivity contribution is 0.994. The van der Waals surface area contributed by atoms with E-state index in [2.05, 4.69) is 20.3 Å². The molecule has 0 saturated heterocycles. The Bertz CT molecular complexity index is 552. The first-order valence-corrected chi connectivity index (χ1v) is 5.05. The topological polar surface area (TPSA) is 70.7 Å². The lowest BCUT2D eigenvalue weighted by Crippen LogP contribution is -2.14. The molecule has 2 aromatic rings. The van der Waals surface area contributed by atoms with Gasteiger partial charge in [0.1, 0.15) is 0 Å². The maximum absolute atomic E-state index is 11.0. The first-order chi connectivity index (χ1) is 7.63. The average Bonchev–Trinajstić information content (AvgIpc) is 2.20. The molecule has 7 heteroatoms. The molecule has 0 fully saturated rings. The van der Waals surface area contributed by atoms with Crippen LogP contribution in [0.25, 0.3) is 0 Å². The molecule has 2 rings (SSSR count). The molecule has 5 nitrogen and oxygen atoms in total. The molecule has 0 unspecified atom stereocenters. The van der Waals surface area contributed by atoms with Gasteiger partial charge in [-0.15, -0.1) is 0 Å². The number of H-pyrrole nitrogens is 1. The number of benzene rings is 1. The van der Waals surface area contributed by atoms with Crippen molar-refractivity contribution in [2.75, 3.05) is 5.32 Å². The highest BCUT2D eigenvalue weighted by Crippen LogP contribution is 2.16. The zero-order valence-corrected chi connectivity index (χ0v) is 9.38. The second kappa shape index (κ2) is 4.51. The minimum Gasteiger partial charge on any atom is -0.324 e. The van der Waals surface area contributed by atoms with Gasteiger partial charge in [0.2, 0.25) is 11.2 Å². The Morgan fingerprint density at radius 1 is 1.12 bits per heavy atom. The summed E-state index contributed by atoms with van der Waals surface area (Å²) in [6.07, 6.45) is 0. The fraction of sp³-hybridized carbons (Fsp3) is 0. The maximum Gasteiger partial charge on any atom is 0.350 e. The normalized spacial score (nSPS) is 10.1. The minimum atomic E-state index is -0.559. The third-order valence-corrected chi connectivity index (χ3v) is 2.15. The maximum atomic E-state index is 11.0. The number of aromatic amines is 1. The smallest absolute Gasteiger partial charge is 0.324 e. The van der Waals surface area contributed by atoms with Gasteiger partial charge in [-0.3, -0.25) is 4.98 Å². The van der Waals surface area contributed by atoms with Gasteiger partial charge in [0.25, 0.3) is 0 Å². The van der Waals surface area contributed by atoms with Crippen LogP contribution in [0.15, 0.2) is 29.1 Å². The number of anilines is 2. The lowest BCUT2D eigenvalue weighted by Gasteiger charge is -2.03. The predicted molar refractivity (Wildman–Crippen MR) is 62.4 cm³/mol. The molecule has 1 aromatic heterocycles. The first kappa shape index (κ1) is 10.9. The summed E-state index contributed by atoms with van der Waals surface area (Å²) in [6, 6.07) is 6.89. The quantitative estimate of drug-likeness (QED) is 0.865. The van der Waals surface area contributed by atoms with Gasteiger partial charge in [-0.2, -0.15) is 9.97 Å². The summed E-state index contributed by atoms with van der Waals surface area (Å²) in [4.78, 5) is 20.6. The van der Waals surface area contributed by atoms with Gasteiger partial charge >= 0.3 is 5.69 Å². The Morgan fingerprint density at radius 2 is 1.81 bits per heavy atom. The van der Waals surface area contributed by atoms with Crippen LogP contribution in [0.1, 0.15) is 0 Å². The molecule has 16 heavy (non-hydrogen) atoms. The van der Waals surface area contributed by atoms with E-state index in [9.17, 15) is 4.79 Å². The van der Waals surface area contributed by atoms with Crippen molar-refractivity contribution in [1.29, 1.82) is 0 Å². The van der Waals surface area contributed by atoms with Crippen molar-refractivity contribution in [2.24, 2.45) is 0 Å². The van der Waals surface area contributed by atoms with Crippen molar-refractivity contribution in [3.05, 3.63) is 45.1 Å². The van der Waals surface area contributed by atoms with Crippen LogP contribution in [0.2, 0.25) is 10.3 Å². The van der Waals surface area contributed by atoms with Crippen LogP contribution < -0.4 is 11.0 Å². The fourth-order valence-electron chi connectivity index (χ4n) is 1.08. The Hall–Kier alpha value is -1.59. The fourth-order valence-corrected chi connectivity index (χ4v) is 1.36. The number of rotatable bonds is 2. The molecule has 0 bridgehead atoms. The number of nitrogens with one attached hydrogen (secondary N) is 2. The molecular weight excluding hydrogens is 251 g/mol. The molecule has 82 valence electrons. The minimum absolute atomic E-state index is 0.0172. The van der Waals surface area contributed by atoms with Crippen molar-refractivity contribution in [3.63, 3.8) is 0 Å². The highest BCUT2D eigenvalue weighted by molar-refractivity contribution is 6.30. The summed E-state index contributed by atoms with van der Waals surface area (Å²) >= 11 is 11.3. The van der Waals surface area contributed by atoms with E-state index in [1.165, 1.54) is 0 Å². The molecule has 0 amide bonds. The van der Waals surface area contributed by atoms with E-state index in [1.54, 1.807) is 24.3 Å². The summed E-state index contributed by atoms with van der Waals surface area (Å²) < 4.78 is 0. The number of halogens is 2. The van der Waals surface area contributed by atoms with Crippen LogP contribution in [-0.2, 0) is 0 Å². The molecule has 0 saturated carbocycles. The van der Waals surface area contributed by atoms with Crippen molar-refractivity contribution in [3.8, 4) is 0 Å².